The molecule has 1 fully saturated rings. The molecule has 0 saturated carbocycles. The van der Waals surface area contributed by atoms with Gasteiger partial charge in [-0.1, -0.05) is 53.6 Å². The fourth-order valence-electron chi connectivity index (χ4n) is 3.19. The zero-order valence-corrected chi connectivity index (χ0v) is 17.0. The third-order valence-electron chi connectivity index (χ3n) is 4.87. The Morgan fingerprint density at radius 2 is 1.79 bits per heavy atom. The Morgan fingerprint density at radius 1 is 1.11 bits per heavy atom. The minimum atomic E-state index is -1.11. The number of nitrogens with zero attached hydrogens (tertiary/aromatic N) is 2. The molecule has 1 saturated heterocycles. The summed E-state index contributed by atoms with van der Waals surface area (Å²) in [5, 5.41) is 6.12. The average molecular weight is 412 g/mol. The number of rotatable bonds is 4. The molecule has 0 radical (unpaired) electrons. The zero-order valence-electron chi connectivity index (χ0n) is 15.4. The van der Waals surface area contributed by atoms with E-state index in [1.165, 1.54) is 21.8 Å². The third kappa shape index (κ3) is 3.30. The monoisotopic (exact) mass is 411 g/mol. The Hall–Kier alpha value is -2.70. The van der Waals surface area contributed by atoms with Crippen LogP contribution >= 0.6 is 22.9 Å². The van der Waals surface area contributed by atoms with E-state index < -0.39 is 11.6 Å². The van der Waals surface area contributed by atoms with E-state index in [4.69, 9.17) is 11.6 Å². The summed E-state index contributed by atoms with van der Waals surface area (Å²) in [6.45, 7) is 3.87. The van der Waals surface area contributed by atoms with Crippen molar-refractivity contribution < 1.29 is 9.59 Å². The molecule has 3 aromatic rings. The largest absolute Gasteiger partial charge is 0.325 e. The summed E-state index contributed by atoms with van der Waals surface area (Å²) < 4.78 is 0. The highest BCUT2D eigenvalue weighted by Crippen LogP contribution is 2.31. The molecule has 142 valence electrons. The molecule has 2 aromatic carbocycles. The molecular formula is C21H18ClN3O2S. The maximum Gasteiger partial charge on any atom is 0.325 e. The van der Waals surface area contributed by atoms with Crippen LogP contribution in [0.4, 0.5) is 4.79 Å². The minimum absolute atomic E-state index is 0.135. The lowest BCUT2D eigenvalue weighted by Gasteiger charge is -2.22. The number of carbonyl (C=O) groups is 2. The first-order chi connectivity index (χ1) is 13.4. The van der Waals surface area contributed by atoms with E-state index in [0.29, 0.717) is 16.3 Å². The summed E-state index contributed by atoms with van der Waals surface area (Å²) in [6, 6.07) is 14.6. The van der Waals surface area contributed by atoms with E-state index in [-0.39, 0.29) is 12.5 Å². The summed E-state index contributed by atoms with van der Waals surface area (Å²) in [5.41, 5.74) is 2.46. The number of halogens is 1. The molecule has 1 aliphatic heterocycles. The summed E-state index contributed by atoms with van der Waals surface area (Å²) in [5.74, 6) is -0.301. The van der Waals surface area contributed by atoms with Gasteiger partial charge in [0.2, 0.25) is 0 Å². The van der Waals surface area contributed by atoms with Crippen molar-refractivity contribution >= 4 is 34.9 Å². The second-order valence-corrected chi connectivity index (χ2v) is 8.26. The lowest BCUT2D eigenvalue weighted by Crippen LogP contribution is -2.40. The molecule has 1 atom stereocenters. The Bertz CT molecular complexity index is 1050. The molecular weight excluding hydrogens is 394 g/mol. The van der Waals surface area contributed by atoms with Crippen molar-refractivity contribution in [3.63, 3.8) is 0 Å². The molecule has 0 unspecified atom stereocenters. The first-order valence-corrected chi connectivity index (χ1v) is 10.0. The Kier molecular flexibility index (Phi) is 4.69. The van der Waals surface area contributed by atoms with Gasteiger partial charge in [-0.2, -0.15) is 0 Å². The van der Waals surface area contributed by atoms with Crippen LogP contribution in [0.2, 0.25) is 5.02 Å². The van der Waals surface area contributed by atoms with E-state index in [2.05, 4.69) is 10.3 Å². The van der Waals surface area contributed by atoms with Crippen molar-refractivity contribution in [1.82, 2.24) is 15.2 Å². The Morgan fingerprint density at radius 3 is 2.46 bits per heavy atom. The van der Waals surface area contributed by atoms with Crippen LogP contribution in [0.25, 0.3) is 10.6 Å². The maximum absolute atomic E-state index is 13.0. The molecule has 1 aromatic heterocycles. The highest BCUT2D eigenvalue weighted by Gasteiger charge is 2.49. The van der Waals surface area contributed by atoms with Gasteiger partial charge in [0.15, 0.2) is 0 Å². The number of amides is 3. The smallest absolute Gasteiger partial charge is 0.319 e. The number of aryl methyl sites for hydroxylation is 1. The van der Waals surface area contributed by atoms with Crippen molar-refractivity contribution in [3.05, 3.63) is 75.8 Å². The van der Waals surface area contributed by atoms with Gasteiger partial charge >= 0.3 is 6.03 Å². The molecule has 7 heteroatoms. The molecule has 5 nitrogen and oxygen atoms in total. The summed E-state index contributed by atoms with van der Waals surface area (Å²) in [4.78, 5) is 31.3. The summed E-state index contributed by atoms with van der Waals surface area (Å²) in [6.07, 6.45) is 0. The van der Waals surface area contributed by atoms with E-state index >= 15 is 0 Å². The van der Waals surface area contributed by atoms with Gasteiger partial charge in [-0.3, -0.25) is 9.69 Å². The van der Waals surface area contributed by atoms with Crippen molar-refractivity contribution in [2.24, 2.45) is 0 Å². The summed E-state index contributed by atoms with van der Waals surface area (Å²) >= 11 is 7.43. The molecule has 2 heterocycles. The topological polar surface area (TPSA) is 62.3 Å². The standard InChI is InChI=1S/C21H18ClN3O2S/c1-13-3-5-14(6-4-13)18-23-17(12-28-18)11-25-19(26)21(2,24-20(25)27)15-7-9-16(22)10-8-15/h3-10,12H,11H2,1-2H3,(H,24,27)/t21-/m0/s1. The first kappa shape index (κ1) is 18.7. The van der Waals surface area contributed by atoms with Crippen LogP contribution in [0.3, 0.4) is 0 Å². The van der Waals surface area contributed by atoms with Crippen LogP contribution in [0, 0.1) is 6.92 Å². The number of benzene rings is 2. The molecule has 1 aliphatic rings. The molecule has 0 aliphatic carbocycles. The normalized spacial score (nSPS) is 19.2. The average Bonchev–Trinajstić information content (AvgIpc) is 3.22. The molecule has 3 amide bonds. The lowest BCUT2D eigenvalue weighted by atomic mass is 9.92. The fraction of sp³-hybridized carbons (Fsp3) is 0.190. The SMILES string of the molecule is Cc1ccc(-c2nc(CN3C(=O)N[C@@](C)(c4ccc(Cl)cc4)C3=O)cs2)cc1. The molecule has 0 spiro atoms. The quantitative estimate of drug-likeness (QED) is 0.631. The van der Waals surface area contributed by atoms with Gasteiger partial charge in [0, 0.05) is 16.0 Å². The first-order valence-electron chi connectivity index (χ1n) is 8.78. The number of imide groups is 1. The lowest BCUT2D eigenvalue weighted by molar-refractivity contribution is -0.131. The van der Waals surface area contributed by atoms with Gasteiger partial charge in [0.05, 0.1) is 12.2 Å². The van der Waals surface area contributed by atoms with E-state index in [1.807, 2.05) is 36.6 Å². The number of thiazole rings is 1. The second-order valence-electron chi connectivity index (χ2n) is 6.96. The molecule has 1 N–H and O–H groups in total. The van der Waals surface area contributed by atoms with Crippen LogP contribution in [0.15, 0.2) is 53.9 Å². The van der Waals surface area contributed by atoms with E-state index in [0.717, 1.165) is 10.6 Å². The van der Waals surface area contributed by atoms with E-state index in [1.54, 1.807) is 31.2 Å². The van der Waals surface area contributed by atoms with Gasteiger partial charge in [-0.15, -0.1) is 11.3 Å². The van der Waals surface area contributed by atoms with E-state index in [9.17, 15) is 9.59 Å². The van der Waals surface area contributed by atoms with Gasteiger partial charge < -0.3 is 5.32 Å². The zero-order chi connectivity index (χ0) is 19.9. The van der Waals surface area contributed by atoms with Gasteiger partial charge in [-0.25, -0.2) is 9.78 Å². The number of aromatic nitrogens is 1. The van der Waals surface area contributed by atoms with Crippen LogP contribution in [0.1, 0.15) is 23.7 Å². The van der Waals surface area contributed by atoms with Crippen LogP contribution in [-0.2, 0) is 16.9 Å². The highest BCUT2D eigenvalue weighted by atomic mass is 35.5. The molecule has 4 rings (SSSR count). The highest BCUT2D eigenvalue weighted by molar-refractivity contribution is 7.13. The predicted octanol–water partition coefficient (Wildman–Crippen LogP) is 4.74. The van der Waals surface area contributed by atoms with Crippen LogP contribution < -0.4 is 5.32 Å². The minimum Gasteiger partial charge on any atom is -0.319 e. The van der Waals surface area contributed by atoms with Crippen molar-refractivity contribution in [2.45, 2.75) is 25.9 Å². The number of carbonyl (C=O) groups excluding carboxylic acids is 2. The van der Waals surface area contributed by atoms with Crippen molar-refractivity contribution in [2.75, 3.05) is 0 Å². The van der Waals surface area contributed by atoms with Crippen LogP contribution in [0.5, 0.6) is 0 Å². The van der Waals surface area contributed by atoms with Gasteiger partial charge in [0.1, 0.15) is 10.5 Å². The predicted molar refractivity (Wildman–Crippen MR) is 110 cm³/mol. The third-order valence-corrected chi connectivity index (χ3v) is 6.06. The Balaban J connectivity index is 1.55. The van der Waals surface area contributed by atoms with Gasteiger partial charge in [0.25, 0.3) is 5.91 Å². The molecule has 0 bridgehead atoms. The number of urea groups is 1. The molecule has 28 heavy (non-hydrogen) atoms. The fourth-order valence-corrected chi connectivity index (χ4v) is 4.13. The number of nitrogens with one attached hydrogen (secondary N) is 1. The summed E-state index contributed by atoms with van der Waals surface area (Å²) in [7, 11) is 0. The second kappa shape index (κ2) is 7.04. The van der Waals surface area contributed by atoms with Crippen molar-refractivity contribution in [1.29, 1.82) is 0 Å². The maximum atomic E-state index is 13.0. The number of hydrogen-bond acceptors (Lipinski definition) is 4. The number of hydrogen-bond donors (Lipinski definition) is 1. The van der Waals surface area contributed by atoms with Gasteiger partial charge in [-0.05, 0) is 31.5 Å². The van der Waals surface area contributed by atoms with Crippen LogP contribution in [-0.4, -0.2) is 21.8 Å². The Labute approximate surface area is 172 Å². The van der Waals surface area contributed by atoms with Crippen molar-refractivity contribution in [3.8, 4) is 10.6 Å².